The Hall–Kier alpha value is -1.28. The maximum Gasteiger partial charge on any atom is 0.0952 e. The fourth-order valence-corrected chi connectivity index (χ4v) is 1.04. The third-order valence-corrected chi connectivity index (χ3v) is 1.56. The normalized spacial score (nSPS) is 15.8. The molecule has 0 bridgehead atoms. The molecule has 0 aliphatic carbocycles. The van der Waals surface area contributed by atoms with Gasteiger partial charge in [0.15, 0.2) is 0 Å². The first-order valence-corrected chi connectivity index (χ1v) is 3.61. The Bertz CT molecular complexity index is 256. The predicted molar refractivity (Wildman–Crippen MR) is 44.0 cm³/mol. The molecule has 0 fully saturated rings. The summed E-state index contributed by atoms with van der Waals surface area (Å²) >= 11 is 0. The maximum absolute atomic E-state index is 5.26. The van der Waals surface area contributed by atoms with Gasteiger partial charge in [-0.25, -0.2) is 5.06 Å². The van der Waals surface area contributed by atoms with E-state index in [9.17, 15) is 0 Å². The van der Waals surface area contributed by atoms with Crippen LogP contribution < -0.4 is 5.06 Å². The van der Waals surface area contributed by atoms with Crippen molar-refractivity contribution in [3.05, 3.63) is 42.6 Å². The summed E-state index contributed by atoms with van der Waals surface area (Å²) in [6, 6.07) is 9.99. The van der Waals surface area contributed by atoms with Crippen LogP contribution >= 0.6 is 0 Å². The van der Waals surface area contributed by atoms with Crippen LogP contribution in [0.2, 0.25) is 0 Å². The van der Waals surface area contributed by atoms with E-state index in [1.165, 1.54) is 0 Å². The molecule has 0 N–H and O–H groups in total. The number of rotatable bonds is 1. The highest BCUT2D eigenvalue weighted by atomic mass is 16.7. The van der Waals surface area contributed by atoms with E-state index in [1.807, 2.05) is 42.6 Å². The molecule has 1 aromatic rings. The molecule has 0 radical (unpaired) electrons. The van der Waals surface area contributed by atoms with Gasteiger partial charge in [-0.05, 0) is 18.2 Å². The zero-order valence-corrected chi connectivity index (χ0v) is 6.10. The average molecular weight is 147 g/mol. The lowest BCUT2D eigenvalue weighted by Crippen LogP contribution is -2.10. The van der Waals surface area contributed by atoms with Crippen molar-refractivity contribution in [1.29, 1.82) is 0 Å². The molecular weight excluding hydrogens is 138 g/mol. The molecule has 0 atom stereocenters. The summed E-state index contributed by atoms with van der Waals surface area (Å²) in [5.74, 6) is 0. The van der Waals surface area contributed by atoms with E-state index >= 15 is 0 Å². The highest BCUT2D eigenvalue weighted by molar-refractivity contribution is 5.46. The van der Waals surface area contributed by atoms with Crippen LogP contribution in [0.15, 0.2) is 42.6 Å². The number of hydrogen-bond acceptors (Lipinski definition) is 2. The lowest BCUT2D eigenvalue weighted by Gasteiger charge is -2.13. The van der Waals surface area contributed by atoms with Gasteiger partial charge >= 0.3 is 0 Å². The van der Waals surface area contributed by atoms with E-state index in [0.717, 1.165) is 5.69 Å². The Labute approximate surface area is 65.7 Å². The molecule has 0 spiro atoms. The van der Waals surface area contributed by atoms with E-state index in [1.54, 1.807) is 5.06 Å². The molecule has 0 amide bonds. The second-order valence-corrected chi connectivity index (χ2v) is 2.34. The summed E-state index contributed by atoms with van der Waals surface area (Å²) in [5, 5.41) is 1.76. The van der Waals surface area contributed by atoms with Gasteiger partial charge < -0.3 is 0 Å². The molecule has 1 heterocycles. The molecular formula is C9H9NO. The van der Waals surface area contributed by atoms with Gasteiger partial charge in [0.1, 0.15) is 0 Å². The van der Waals surface area contributed by atoms with Crippen molar-refractivity contribution in [3.8, 4) is 0 Å². The Morgan fingerprint density at radius 2 is 2.00 bits per heavy atom. The number of nitrogens with zero attached hydrogens (tertiary/aromatic N) is 1. The highest BCUT2D eigenvalue weighted by Gasteiger charge is 2.05. The second-order valence-electron chi connectivity index (χ2n) is 2.34. The minimum absolute atomic E-state index is 0.675. The van der Waals surface area contributed by atoms with Gasteiger partial charge in [0.25, 0.3) is 0 Å². The lowest BCUT2D eigenvalue weighted by atomic mass is 10.3. The summed E-state index contributed by atoms with van der Waals surface area (Å²) in [7, 11) is 0. The zero-order valence-electron chi connectivity index (χ0n) is 6.10. The van der Waals surface area contributed by atoms with Crippen molar-refractivity contribution in [2.45, 2.75) is 0 Å². The first-order valence-electron chi connectivity index (χ1n) is 3.61. The molecule has 0 unspecified atom stereocenters. The topological polar surface area (TPSA) is 12.5 Å². The molecule has 0 aromatic heterocycles. The predicted octanol–water partition coefficient (Wildman–Crippen LogP) is 1.95. The van der Waals surface area contributed by atoms with Crippen molar-refractivity contribution in [2.75, 3.05) is 11.7 Å². The smallest absolute Gasteiger partial charge is 0.0952 e. The number of para-hydroxylation sites is 1. The van der Waals surface area contributed by atoms with Crippen LogP contribution in [-0.4, -0.2) is 6.61 Å². The third kappa shape index (κ3) is 1.25. The summed E-state index contributed by atoms with van der Waals surface area (Å²) < 4.78 is 0. The molecule has 0 saturated carbocycles. The van der Waals surface area contributed by atoms with Crippen molar-refractivity contribution in [2.24, 2.45) is 0 Å². The Balaban J connectivity index is 2.23. The van der Waals surface area contributed by atoms with Crippen LogP contribution in [0.25, 0.3) is 0 Å². The molecule has 1 aliphatic heterocycles. The molecule has 1 aliphatic rings. The molecule has 11 heavy (non-hydrogen) atoms. The minimum atomic E-state index is 0.675. The Morgan fingerprint density at radius 1 is 1.18 bits per heavy atom. The summed E-state index contributed by atoms with van der Waals surface area (Å²) in [6.45, 7) is 0.675. The first kappa shape index (κ1) is 6.43. The zero-order chi connectivity index (χ0) is 7.52. The van der Waals surface area contributed by atoms with Gasteiger partial charge in [0.2, 0.25) is 0 Å². The van der Waals surface area contributed by atoms with Crippen LogP contribution in [0.3, 0.4) is 0 Å². The van der Waals surface area contributed by atoms with E-state index in [0.29, 0.717) is 6.61 Å². The highest BCUT2D eigenvalue weighted by Crippen LogP contribution is 2.16. The molecule has 1 aromatic carbocycles. The van der Waals surface area contributed by atoms with Crippen molar-refractivity contribution in [1.82, 2.24) is 0 Å². The minimum Gasteiger partial charge on any atom is -0.265 e. The van der Waals surface area contributed by atoms with E-state index in [2.05, 4.69) is 0 Å². The van der Waals surface area contributed by atoms with Crippen LogP contribution in [0.1, 0.15) is 0 Å². The average Bonchev–Trinajstić information content (AvgIpc) is 2.58. The summed E-state index contributed by atoms with van der Waals surface area (Å²) in [6.07, 6.45) is 3.91. The number of benzene rings is 1. The van der Waals surface area contributed by atoms with Crippen LogP contribution in [0.5, 0.6) is 0 Å². The molecule has 56 valence electrons. The second kappa shape index (κ2) is 2.76. The first-order chi connectivity index (χ1) is 5.47. The Morgan fingerprint density at radius 3 is 2.64 bits per heavy atom. The van der Waals surface area contributed by atoms with Gasteiger partial charge in [-0.3, -0.25) is 4.84 Å². The molecule has 2 heteroatoms. The van der Waals surface area contributed by atoms with Gasteiger partial charge in [-0.2, -0.15) is 0 Å². The molecule has 2 rings (SSSR count). The van der Waals surface area contributed by atoms with Crippen LogP contribution in [-0.2, 0) is 4.84 Å². The van der Waals surface area contributed by atoms with E-state index in [4.69, 9.17) is 4.84 Å². The lowest BCUT2D eigenvalue weighted by molar-refractivity contribution is 0.180. The maximum atomic E-state index is 5.26. The van der Waals surface area contributed by atoms with E-state index in [-0.39, 0.29) is 0 Å². The number of anilines is 1. The number of hydroxylamine groups is 1. The van der Waals surface area contributed by atoms with Gasteiger partial charge in [0.05, 0.1) is 12.3 Å². The molecule has 2 nitrogen and oxygen atoms in total. The van der Waals surface area contributed by atoms with Crippen molar-refractivity contribution in [3.63, 3.8) is 0 Å². The van der Waals surface area contributed by atoms with Crippen LogP contribution in [0.4, 0.5) is 5.69 Å². The standard InChI is InChI=1S/C9H9NO/c1-2-5-9(6-3-1)10-7-4-8-11-10/h1-7H,8H2. The summed E-state index contributed by atoms with van der Waals surface area (Å²) in [5.41, 5.74) is 1.07. The van der Waals surface area contributed by atoms with Crippen LogP contribution in [0, 0.1) is 0 Å². The largest absolute Gasteiger partial charge is 0.265 e. The third-order valence-electron chi connectivity index (χ3n) is 1.56. The van der Waals surface area contributed by atoms with E-state index < -0.39 is 0 Å². The van der Waals surface area contributed by atoms with Crippen molar-refractivity contribution < 1.29 is 4.84 Å². The number of hydrogen-bond donors (Lipinski definition) is 0. The Kier molecular flexibility index (Phi) is 1.61. The monoisotopic (exact) mass is 147 g/mol. The molecule has 0 saturated heterocycles. The van der Waals surface area contributed by atoms with Gasteiger partial charge in [-0.15, -0.1) is 0 Å². The fourth-order valence-electron chi connectivity index (χ4n) is 1.04. The summed E-state index contributed by atoms with van der Waals surface area (Å²) in [4.78, 5) is 5.26. The fraction of sp³-hybridized carbons (Fsp3) is 0.111. The quantitative estimate of drug-likeness (QED) is 0.602. The van der Waals surface area contributed by atoms with Gasteiger partial charge in [0, 0.05) is 6.20 Å². The van der Waals surface area contributed by atoms with Gasteiger partial charge in [-0.1, -0.05) is 18.2 Å². The van der Waals surface area contributed by atoms with Crippen molar-refractivity contribution >= 4 is 5.69 Å². The SMILES string of the molecule is C1=CN(c2ccccc2)OC1.